The first-order chi connectivity index (χ1) is 10.8. The molecule has 0 atom stereocenters. The minimum Gasteiger partial charge on any atom is -0.496 e. The number of hydrogen-bond acceptors (Lipinski definition) is 4. The molecule has 116 valence electrons. The molecule has 1 aromatic carbocycles. The number of methoxy groups -OCH3 is 1. The molecule has 0 unspecified atom stereocenters. The van der Waals surface area contributed by atoms with Crippen LogP contribution in [-0.2, 0) is 0 Å². The third kappa shape index (κ3) is 3.14. The number of carbonyl (C=O) groups excluding carboxylic acids is 1. The van der Waals surface area contributed by atoms with Gasteiger partial charge in [-0.15, -0.1) is 11.3 Å². The van der Waals surface area contributed by atoms with Crippen molar-refractivity contribution < 1.29 is 9.53 Å². The van der Waals surface area contributed by atoms with Crippen molar-refractivity contribution in [2.24, 2.45) is 0 Å². The highest BCUT2D eigenvalue weighted by molar-refractivity contribution is 7.13. The monoisotopic (exact) mass is 316 g/mol. The number of nitrogens with zero attached hydrogens (tertiary/aromatic N) is 2. The van der Waals surface area contributed by atoms with Gasteiger partial charge in [-0.3, -0.25) is 4.79 Å². The molecular formula is C17H20N2O2S. The molecule has 1 aromatic heterocycles. The molecule has 1 amide bonds. The van der Waals surface area contributed by atoms with Crippen molar-refractivity contribution in [2.45, 2.75) is 25.7 Å². The van der Waals surface area contributed by atoms with Gasteiger partial charge in [0.15, 0.2) is 0 Å². The maximum atomic E-state index is 12.6. The quantitative estimate of drug-likeness (QED) is 0.864. The smallest absolute Gasteiger partial charge is 0.273 e. The summed E-state index contributed by atoms with van der Waals surface area (Å²) in [4.78, 5) is 19.1. The van der Waals surface area contributed by atoms with Gasteiger partial charge in [0.25, 0.3) is 5.91 Å². The SMILES string of the molecule is COc1ccccc1-c1nc(C(=O)N2CCCCCC2)cs1. The van der Waals surface area contributed by atoms with Crippen molar-refractivity contribution in [3.05, 3.63) is 35.3 Å². The third-order valence-corrected chi connectivity index (χ3v) is 4.83. The Morgan fingerprint density at radius 1 is 1.18 bits per heavy atom. The molecule has 5 heteroatoms. The van der Waals surface area contributed by atoms with E-state index in [-0.39, 0.29) is 5.91 Å². The Bertz CT molecular complexity index is 646. The summed E-state index contributed by atoms with van der Waals surface area (Å²) in [5, 5.41) is 2.69. The van der Waals surface area contributed by atoms with Crippen LogP contribution in [0.3, 0.4) is 0 Å². The lowest BCUT2D eigenvalue weighted by Gasteiger charge is -2.18. The second-order valence-electron chi connectivity index (χ2n) is 5.44. The highest BCUT2D eigenvalue weighted by atomic mass is 32.1. The number of ether oxygens (including phenoxy) is 1. The van der Waals surface area contributed by atoms with Crippen molar-refractivity contribution in [1.82, 2.24) is 9.88 Å². The second kappa shape index (κ2) is 6.92. The minimum atomic E-state index is 0.0549. The lowest BCUT2D eigenvalue weighted by Crippen LogP contribution is -2.32. The molecular weight excluding hydrogens is 296 g/mol. The Morgan fingerprint density at radius 3 is 2.64 bits per heavy atom. The fourth-order valence-corrected chi connectivity index (χ4v) is 3.58. The van der Waals surface area contributed by atoms with Gasteiger partial charge < -0.3 is 9.64 Å². The van der Waals surface area contributed by atoms with E-state index in [4.69, 9.17) is 4.74 Å². The Morgan fingerprint density at radius 2 is 1.91 bits per heavy atom. The van der Waals surface area contributed by atoms with Crippen LogP contribution in [-0.4, -0.2) is 36.0 Å². The van der Waals surface area contributed by atoms with Gasteiger partial charge >= 0.3 is 0 Å². The highest BCUT2D eigenvalue weighted by Gasteiger charge is 2.20. The van der Waals surface area contributed by atoms with Crippen LogP contribution in [0.1, 0.15) is 36.2 Å². The minimum absolute atomic E-state index is 0.0549. The maximum Gasteiger partial charge on any atom is 0.273 e. The summed E-state index contributed by atoms with van der Waals surface area (Å²) in [6, 6.07) is 7.76. The zero-order chi connectivity index (χ0) is 15.4. The van der Waals surface area contributed by atoms with Crippen LogP contribution in [0.15, 0.2) is 29.6 Å². The van der Waals surface area contributed by atoms with Gasteiger partial charge in [-0.1, -0.05) is 25.0 Å². The molecule has 3 rings (SSSR count). The molecule has 1 aliphatic rings. The molecule has 0 spiro atoms. The van der Waals surface area contributed by atoms with E-state index in [0.29, 0.717) is 5.69 Å². The first kappa shape index (κ1) is 15.0. The molecule has 4 nitrogen and oxygen atoms in total. The fourth-order valence-electron chi connectivity index (χ4n) is 2.75. The first-order valence-electron chi connectivity index (χ1n) is 7.68. The summed E-state index contributed by atoms with van der Waals surface area (Å²) in [7, 11) is 1.65. The summed E-state index contributed by atoms with van der Waals surface area (Å²) < 4.78 is 5.37. The van der Waals surface area contributed by atoms with Crippen LogP contribution in [0.5, 0.6) is 5.75 Å². The van der Waals surface area contributed by atoms with Crippen molar-refractivity contribution >= 4 is 17.2 Å². The van der Waals surface area contributed by atoms with Crippen LogP contribution >= 0.6 is 11.3 Å². The molecule has 0 bridgehead atoms. The molecule has 1 aliphatic heterocycles. The van der Waals surface area contributed by atoms with E-state index >= 15 is 0 Å². The van der Waals surface area contributed by atoms with Gasteiger partial charge in [0.2, 0.25) is 0 Å². The third-order valence-electron chi connectivity index (χ3n) is 3.95. The zero-order valence-corrected chi connectivity index (χ0v) is 13.6. The van der Waals surface area contributed by atoms with Gasteiger partial charge in [0, 0.05) is 18.5 Å². The summed E-state index contributed by atoms with van der Waals surface area (Å²) in [5.41, 5.74) is 1.48. The number of thiazole rings is 1. The van der Waals surface area contributed by atoms with E-state index in [0.717, 1.165) is 42.3 Å². The number of aromatic nitrogens is 1. The molecule has 0 aliphatic carbocycles. The molecule has 22 heavy (non-hydrogen) atoms. The topological polar surface area (TPSA) is 42.4 Å². The number of para-hydroxylation sites is 1. The predicted molar refractivity (Wildman–Crippen MR) is 88.5 cm³/mol. The van der Waals surface area contributed by atoms with Crippen LogP contribution in [0.4, 0.5) is 0 Å². The summed E-state index contributed by atoms with van der Waals surface area (Å²) in [6.45, 7) is 1.70. The molecule has 0 radical (unpaired) electrons. The standard InChI is InChI=1S/C17H20N2O2S/c1-21-15-9-5-4-8-13(15)16-18-14(12-22-16)17(20)19-10-6-2-3-7-11-19/h4-5,8-9,12H,2-3,6-7,10-11H2,1H3. The van der Waals surface area contributed by atoms with Gasteiger partial charge in [-0.25, -0.2) is 4.98 Å². The highest BCUT2D eigenvalue weighted by Crippen LogP contribution is 2.32. The molecule has 0 saturated carbocycles. The van der Waals surface area contributed by atoms with E-state index in [2.05, 4.69) is 4.98 Å². The van der Waals surface area contributed by atoms with Gasteiger partial charge in [0.1, 0.15) is 16.5 Å². The molecule has 0 N–H and O–H groups in total. The van der Waals surface area contributed by atoms with E-state index in [9.17, 15) is 4.79 Å². The fraction of sp³-hybridized carbons (Fsp3) is 0.412. The molecule has 1 saturated heterocycles. The average Bonchev–Trinajstić information content (AvgIpc) is 2.89. The normalized spacial score (nSPS) is 15.4. The summed E-state index contributed by atoms with van der Waals surface area (Å²) in [6.07, 6.45) is 4.62. The number of hydrogen-bond donors (Lipinski definition) is 0. The summed E-state index contributed by atoms with van der Waals surface area (Å²) in [5.74, 6) is 0.838. The zero-order valence-electron chi connectivity index (χ0n) is 12.7. The van der Waals surface area contributed by atoms with E-state index in [1.54, 1.807) is 7.11 Å². The number of amides is 1. The Labute approximate surface area is 134 Å². The summed E-state index contributed by atoms with van der Waals surface area (Å²) >= 11 is 1.49. The van der Waals surface area contributed by atoms with Crippen molar-refractivity contribution in [3.8, 4) is 16.3 Å². The van der Waals surface area contributed by atoms with E-state index in [1.807, 2.05) is 34.5 Å². The van der Waals surface area contributed by atoms with Crippen LogP contribution in [0, 0.1) is 0 Å². The van der Waals surface area contributed by atoms with Crippen LogP contribution in [0.25, 0.3) is 10.6 Å². The Balaban J connectivity index is 1.82. The number of likely N-dealkylation sites (tertiary alicyclic amines) is 1. The van der Waals surface area contributed by atoms with Gasteiger partial charge in [-0.2, -0.15) is 0 Å². The van der Waals surface area contributed by atoms with Crippen molar-refractivity contribution in [1.29, 1.82) is 0 Å². The first-order valence-corrected chi connectivity index (χ1v) is 8.56. The van der Waals surface area contributed by atoms with Crippen LogP contribution in [0.2, 0.25) is 0 Å². The number of benzene rings is 1. The Kier molecular flexibility index (Phi) is 4.73. The van der Waals surface area contributed by atoms with E-state index in [1.165, 1.54) is 24.2 Å². The molecule has 2 aromatic rings. The Hall–Kier alpha value is -1.88. The second-order valence-corrected chi connectivity index (χ2v) is 6.30. The average molecular weight is 316 g/mol. The van der Waals surface area contributed by atoms with E-state index < -0.39 is 0 Å². The lowest BCUT2D eigenvalue weighted by molar-refractivity contribution is 0.0756. The van der Waals surface area contributed by atoms with Gasteiger partial charge in [-0.05, 0) is 25.0 Å². The number of rotatable bonds is 3. The van der Waals surface area contributed by atoms with Crippen molar-refractivity contribution in [3.63, 3.8) is 0 Å². The largest absolute Gasteiger partial charge is 0.496 e. The number of carbonyl (C=O) groups is 1. The van der Waals surface area contributed by atoms with Gasteiger partial charge in [0.05, 0.1) is 12.7 Å². The van der Waals surface area contributed by atoms with Crippen LogP contribution < -0.4 is 4.74 Å². The van der Waals surface area contributed by atoms with Crippen molar-refractivity contribution in [2.75, 3.05) is 20.2 Å². The maximum absolute atomic E-state index is 12.6. The molecule has 2 heterocycles. The predicted octanol–water partition coefficient (Wildman–Crippen LogP) is 3.83. The molecule has 1 fully saturated rings. The lowest BCUT2D eigenvalue weighted by atomic mass is 10.2.